The van der Waals surface area contributed by atoms with E-state index in [1.54, 1.807) is 0 Å². The lowest BCUT2D eigenvalue weighted by molar-refractivity contribution is -0.233. The largest absolute Gasteiger partial charge is 0.465 e. The number of aliphatic hydroxyl groups is 1. The van der Waals surface area contributed by atoms with Crippen molar-refractivity contribution in [2.24, 2.45) is 34.0 Å². The Kier molecular flexibility index (Phi) is 2.66. The summed E-state index contributed by atoms with van der Waals surface area (Å²) in [5, 5.41) is 10.9. The van der Waals surface area contributed by atoms with Crippen molar-refractivity contribution in [2.75, 3.05) is 6.61 Å². The van der Waals surface area contributed by atoms with Gasteiger partial charge in [0, 0.05) is 5.41 Å². The van der Waals surface area contributed by atoms with Gasteiger partial charge in [0.25, 0.3) is 0 Å². The molecule has 0 aromatic carbocycles. The van der Waals surface area contributed by atoms with Gasteiger partial charge in [-0.25, -0.2) is 0 Å². The van der Waals surface area contributed by atoms with Gasteiger partial charge in [0.2, 0.25) is 0 Å². The highest BCUT2D eigenvalue weighted by Crippen LogP contribution is 2.74. The number of hydrogen-bond acceptors (Lipinski definition) is 3. The molecule has 1 N–H and O–H groups in total. The molecule has 1 saturated heterocycles. The number of hydrogen-bond donors (Lipinski definition) is 1. The van der Waals surface area contributed by atoms with Crippen LogP contribution in [0.25, 0.3) is 0 Å². The molecule has 5 aliphatic rings. The third-order valence-corrected chi connectivity index (χ3v) is 9.15. The second kappa shape index (κ2) is 4.15. The molecule has 1 aliphatic heterocycles. The first kappa shape index (κ1) is 14.7. The number of carbonyl (C=O) groups excluding carboxylic acids is 1. The summed E-state index contributed by atoms with van der Waals surface area (Å²) in [5.74, 6) is 1.74. The zero-order valence-corrected chi connectivity index (χ0v) is 14.6. The highest BCUT2D eigenvalue weighted by molar-refractivity contribution is 5.78. The van der Waals surface area contributed by atoms with E-state index in [0.29, 0.717) is 29.8 Å². The van der Waals surface area contributed by atoms with Crippen molar-refractivity contribution in [3.05, 3.63) is 0 Å². The first-order chi connectivity index (χ1) is 10.8. The standard InChI is InChI=1S/C20H30O3/c1-17-7-3-8-20(12-23-16(17)21)14(17)6-9-19-10-13(4-5-15(19)20)18(2,22)11-19/h13-15,22H,3-12H2,1-2H3/t13-,14-,15+,17-,18-,19+,20+/m1/s1. The zero-order chi connectivity index (χ0) is 16.1. The van der Waals surface area contributed by atoms with Crippen molar-refractivity contribution >= 4 is 5.97 Å². The second-order valence-electron chi connectivity index (χ2n) is 10.1. The molecule has 0 radical (unpaired) electrons. The van der Waals surface area contributed by atoms with Crippen molar-refractivity contribution in [3.63, 3.8) is 0 Å². The fourth-order valence-corrected chi connectivity index (χ4v) is 8.36. The van der Waals surface area contributed by atoms with Crippen molar-refractivity contribution in [3.8, 4) is 0 Å². The topological polar surface area (TPSA) is 46.5 Å². The lowest BCUT2D eigenvalue weighted by Crippen LogP contribution is -2.64. The molecule has 7 atom stereocenters. The summed E-state index contributed by atoms with van der Waals surface area (Å²) in [5.41, 5.74) is -0.174. The minimum absolute atomic E-state index is 0.0703. The maximum Gasteiger partial charge on any atom is 0.312 e. The molecule has 0 unspecified atom stereocenters. The SMILES string of the molecule is C[C@]12CCC[C@@]3(COC1=O)[C@H]1CC[C@@H]4C[C@@]1(CC[C@@H]32)C[C@@]4(C)O. The maximum absolute atomic E-state index is 12.5. The summed E-state index contributed by atoms with van der Waals surface area (Å²) in [4.78, 5) is 12.5. The summed E-state index contributed by atoms with van der Waals surface area (Å²) >= 11 is 0. The number of carbonyl (C=O) groups is 1. The molecule has 0 aromatic rings. The average Bonchev–Trinajstić information content (AvgIpc) is 2.68. The normalized spacial score (nSPS) is 60.7. The van der Waals surface area contributed by atoms with E-state index in [-0.39, 0.29) is 16.8 Å². The maximum atomic E-state index is 12.5. The minimum Gasteiger partial charge on any atom is -0.465 e. The molecule has 1 spiro atoms. The molecule has 1 heterocycles. The number of cyclic esters (lactones) is 1. The van der Waals surface area contributed by atoms with Crippen LogP contribution >= 0.6 is 0 Å². The van der Waals surface area contributed by atoms with Gasteiger partial charge in [-0.3, -0.25) is 4.79 Å². The van der Waals surface area contributed by atoms with Crippen LogP contribution in [0.5, 0.6) is 0 Å². The van der Waals surface area contributed by atoms with E-state index in [4.69, 9.17) is 4.74 Å². The van der Waals surface area contributed by atoms with Gasteiger partial charge in [0.1, 0.15) is 0 Å². The molecule has 0 amide bonds. The van der Waals surface area contributed by atoms with E-state index in [1.165, 1.54) is 44.9 Å². The first-order valence-corrected chi connectivity index (χ1v) is 9.72. The lowest BCUT2D eigenvalue weighted by Gasteiger charge is -2.66. The van der Waals surface area contributed by atoms with Gasteiger partial charge in [-0.1, -0.05) is 6.42 Å². The fraction of sp³-hybridized carbons (Fsp3) is 0.950. The number of fused-ring (bicyclic) bond motifs is 1. The lowest BCUT2D eigenvalue weighted by atomic mass is 9.40. The Bertz CT molecular complexity index is 569. The van der Waals surface area contributed by atoms with E-state index in [9.17, 15) is 9.90 Å². The van der Waals surface area contributed by atoms with Gasteiger partial charge in [-0.05, 0) is 88.4 Å². The van der Waals surface area contributed by atoms with Crippen LogP contribution < -0.4 is 0 Å². The quantitative estimate of drug-likeness (QED) is 0.693. The molecule has 128 valence electrons. The molecule has 4 saturated carbocycles. The Balaban J connectivity index is 1.60. The monoisotopic (exact) mass is 318 g/mol. The molecule has 3 heteroatoms. The molecule has 4 aliphatic carbocycles. The molecule has 0 aromatic heterocycles. The van der Waals surface area contributed by atoms with E-state index in [2.05, 4.69) is 13.8 Å². The second-order valence-corrected chi connectivity index (χ2v) is 10.1. The van der Waals surface area contributed by atoms with E-state index in [0.717, 1.165) is 12.8 Å². The van der Waals surface area contributed by atoms with Crippen LogP contribution in [0, 0.1) is 34.0 Å². The van der Waals surface area contributed by atoms with Gasteiger partial charge in [0.15, 0.2) is 0 Å². The average molecular weight is 318 g/mol. The molecule has 23 heavy (non-hydrogen) atoms. The number of ether oxygens (including phenoxy) is 1. The summed E-state index contributed by atoms with van der Waals surface area (Å²) in [6.07, 6.45) is 10.4. The molecule has 5 rings (SSSR count). The summed E-state index contributed by atoms with van der Waals surface area (Å²) in [6.45, 7) is 4.91. The van der Waals surface area contributed by atoms with Crippen LogP contribution in [-0.4, -0.2) is 23.3 Å². The Labute approximate surface area is 139 Å². The van der Waals surface area contributed by atoms with Crippen LogP contribution in [-0.2, 0) is 9.53 Å². The molecular formula is C20H30O3. The van der Waals surface area contributed by atoms with E-state index in [1.807, 2.05) is 0 Å². The molecular weight excluding hydrogens is 288 g/mol. The number of rotatable bonds is 0. The number of esters is 1. The third-order valence-electron chi connectivity index (χ3n) is 9.15. The van der Waals surface area contributed by atoms with E-state index < -0.39 is 5.60 Å². The Morgan fingerprint density at radius 1 is 1.09 bits per heavy atom. The van der Waals surface area contributed by atoms with Crippen molar-refractivity contribution in [2.45, 2.75) is 77.2 Å². The Morgan fingerprint density at radius 3 is 2.74 bits per heavy atom. The highest BCUT2D eigenvalue weighted by atomic mass is 16.5. The van der Waals surface area contributed by atoms with Crippen LogP contribution in [0.15, 0.2) is 0 Å². The van der Waals surface area contributed by atoms with Gasteiger partial charge in [-0.15, -0.1) is 0 Å². The minimum atomic E-state index is -0.471. The predicted octanol–water partition coefficient (Wildman–Crippen LogP) is 3.69. The summed E-state index contributed by atoms with van der Waals surface area (Å²) < 4.78 is 5.81. The molecule has 5 fully saturated rings. The molecule has 3 nitrogen and oxygen atoms in total. The highest BCUT2D eigenvalue weighted by Gasteiger charge is 2.70. The Hall–Kier alpha value is -0.570. The van der Waals surface area contributed by atoms with Gasteiger partial charge >= 0.3 is 5.97 Å². The van der Waals surface area contributed by atoms with Gasteiger partial charge in [-0.2, -0.15) is 0 Å². The van der Waals surface area contributed by atoms with Gasteiger partial charge < -0.3 is 9.84 Å². The van der Waals surface area contributed by atoms with E-state index >= 15 is 0 Å². The van der Waals surface area contributed by atoms with Crippen LogP contribution in [0.2, 0.25) is 0 Å². The van der Waals surface area contributed by atoms with Crippen LogP contribution in [0.3, 0.4) is 0 Å². The summed E-state index contributed by atoms with van der Waals surface area (Å²) in [6, 6.07) is 0. The van der Waals surface area contributed by atoms with Crippen molar-refractivity contribution < 1.29 is 14.6 Å². The van der Waals surface area contributed by atoms with Crippen molar-refractivity contribution in [1.29, 1.82) is 0 Å². The van der Waals surface area contributed by atoms with Crippen LogP contribution in [0.1, 0.15) is 71.6 Å². The molecule has 4 bridgehead atoms. The Morgan fingerprint density at radius 2 is 1.91 bits per heavy atom. The van der Waals surface area contributed by atoms with Crippen molar-refractivity contribution in [1.82, 2.24) is 0 Å². The summed E-state index contributed by atoms with van der Waals surface area (Å²) in [7, 11) is 0. The zero-order valence-electron chi connectivity index (χ0n) is 14.6. The van der Waals surface area contributed by atoms with Crippen LogP contribution in [0.4, 0.5) is 0 Å². The fourth-order valence-electron chi connectivity index (χ4n) is 8.36. The smallest absolute Gasteiger partial charge is 0.312 e. The first-order valence-electron chi connectivity index (χ1n) is 9.72. The predicted molar refractivity (Wildman–Crippen MR) is 86.6 cm³/mol. The third kappa shape index (κ3) is 1.59. The van der Waals surface area contributed by atoms with Gasteiger partial charge in [0.05, 0.1) is 17.6 Å².